The second-order valence-corrected chi connectivity index (χ2v) is 14.5. The number of ether oxygens (including phenoxy) is 1. The highest BCUT2D eigenvalue weighted by Gasteiger charge is 2.47. The van der Waals surface area contributed by atoms with Crippen molar-refractivity contribution in [2.75, 3.05) is 18.1 Å². The molecule has 1 aliphatic carbocycles. The van der Waals surface area contributed by atoms with Crippen molar-refractivity contribution in [3.8, 4) is 16.9 Å². The van der Waals surface area contributed by atoms with E-state index < -0.39 is 22.5 Å². The summed E-state index contributed by atoms with van der Waals surface area (Å²) in [4.78, 5) is 32.3. The van der Waals surface area contributed by atoms with Gasteiger partial charge in [0.2, 0.25) is 11.8 Å². The zero-order valence-electron chi connectivity index (χ0n) is 24.7. The Kier molecular flexibility index (Phi) is 7.98. The van der Waals surface area contributed by atoms with Crippen molar-refractivity contribution < 1.29 is 41.1 Å². The minimum absolute atomic E-state index is 0.0826. The molecule has 2 fully saturated rings. The summed E-state index contributed by atoms with van der Waals surface area (Å²) in [5.74, 6) is 0.315. The molecule has 242 valence electrons. The van der Waals surface area contributed by atoms with Gasteiger partial charge in [-0.25, -0.2) is 4.79 Å². The third kappa shape index (κ3) is 7.05. The van der Waals surface area contributed by atoms with E-state index in [0.717, 1.165) is 16.7 Å². The normalized spacial score (nSPS) is 24.5. The molecule has 3 atom stereocenters. The number of fused-ring (bicyclic) bond motifs is 1. The van der Waals surface area contributed by atoms with Gasteiger partial charge in [-0.1, -0.05) is 29.4 Å². The Morgan fingerprint density at radius 1 is 1.22 bits per heavy atom. The van der Waals surface area contributed by atoms with Gasteiger partial charge in [-0.3, -0.25) is 13.9 Å². The van der Waals surface area contributed by atoms with Crippen molar-refractivity contribution in [3.05, 3.63) is 64.8 Å². The van der Waals surface area contributed by atoms with E-state index in [2.05, 4.69) is 25.5 Å². The number of halogens is 3. The Labute approximate surface area is 258 Å². The van der Waals surface area contributed by atoms with E-state index in [1.54, 1.807) is 24.8 Å². The number of nitrogens with one attached hydrogen (secondary N) is 2. The standard InChI is InChI=1S/C30H34F3N5O6S/c1-17-35-27(44-37-17)24-13-23(24)26(39)34-14-19-6-7-21(18-4-3-5-20(12-18)43-30(31,32)33)22-8-10-38(15-25(19)22)28(40)36-29(2)9-11-45(41,42)16-29/h3-7,12,23-24,41-42H,8-11,13-16H2,1-2H3,(H,34,39)(H,36,40)/t23-,24-,29?/m1/s1. The number of nitrogens with zero attached hydrogens (tertiary/aromatic N) is 3. The lowest BCUT2D eigenvalue weighted by molar-refractivity contribution is -0.274. The first-order valence-corrected chi connectivity index (χ1v) is 16.5. The minimum Gasteiger partial charge on any atom is -0.406 e. The van der Waals surface area contributed by atoms with Gasteiger partial charge in [0.25, 0.3) is 0 Å². The maximum Gasteiger partial charge on any atom is 0.573 e. The van der Waals surface area contributed by atoms with Gasteiger partial charge in [0.15, 0.2) is 5.82 Å². The van der Waals surface area contributed by atoms with Gasteiger partial charge < -0.3 is 24.8 Å². The van der Waals surface area contributed by atoms with Gasteiger partial charge in [-0.05, 0) is 73.1 Å². The smallest absolute Gasteiger partial charge is 0.406 e. The van der Waals surface area contributed by atoms with Crippen LogP contribution in [0.25, 0.3) is 11.1 Å². The van der Waals surface area contributed by atoms with Crippen LogP contribution in [0.2, 0.25) is 0 Å². The summed E-state index contributed by atoms with van der Waals surface area (Å²) < 4.78 is 68.4. The predicted molar refractivity (Wildman–Crippen MR) is 159 cm³/mol. The molecule has 1 saturated heterocycles. The molecule has 15 heteroatoms. The third-order valence-corrected chi connectivity index (χ3v) is 10.5. The van der Waals surface area contributed by atoms with Crippen LogP contribution in [-0.2, 0) is 24.3 Å². The Balaban J connectivity index is 1.24. The van der Waals surface area contributed by atoms with E-state index >= 15 is 0 Å². The Hall–Kier alpha value is -3.82. The van der Waals surface area contributed by atoms with Crippen LogP contribution in [0.15, 0.2) is 40.9 Å². The van der Waals surface area contributed by atoms with Crippen LogP contribution in [-0.4, -0.2) is 66.0 Å². The van der Waals surface area contributed by atoms with Crippen LogP contribution < -0.4 is 15.4 Å². The van der Waals surface area contributed by atoms with Crippen LogP contribution in [0, 0.1) is 12.8 Å². The van der Waals surface area contributed by atoms with Gasteiger partial charge in [-0.2, -0.15) is 15.6 Å². The topological polar surface area (TPSA) is 150 Å². The van der Waals surface area contributed by atoms with Crippen LogP contribution in [0.1, 0.15) is 54.1 Å². The number of hydrogen-bond acceptors (Lipinski definition) is 8. The van der Waals surface area contributed by atoms with Gasteiger partial charge in [0, 0.05) is 25.4 Å². The molecule has 1 unspecified atom stereocenters. The lowest BCUT2D eigenvalue weighted by atomic mass is 9.87. The summed E-state index contributed by atoms with van der Waals surface area (Å²) >= 11 is 0. The first-order valence-electron chi connectivity index (χ1n) is 14.6. The van der Waals surface area contributed by atoms with Gasteiger partial charge in [0.1, 0.15) is 5.75 Å². The summed E-state index contributed by atoms with van der Waals surface area (Å²) in [6.45, 7) is 4.21. The number of carbonyl (C=O) groups excluding carboxylic acids is 2. The first-order chi connectivity index (χ1) is 21.2. The zero-order chi connectivity index (χ0) is 32.1. The predicted octanol–water partition coefficient (Wildman–Crippen LogP) is 5.34. The number of urea groups is 1. The fraction of sp³-hybridized carbons (Fsp3) is 0.467. The highest BCUT2D eigenvalue weighted by molar-refractivity contribution is 8.24. The monoisotopic (exact) mass is 649 g/mol. The number of benzene rings is 2. The highest BCUT2D eigenvalue weighted by Crippen LogP contribution is 2.50. The molecule has 45 heavy (non-hydrogen) atoms. The molecule has 6 rings (SSSR count). The average molecular weight is 650 g/mol. The lowest BCUT2D eigenvalue weighted by Gasteiger charge is -2.36. The second kappa shape index (κ2) is 11.5. The van der Waals surface area contributed by atoms with Crippen LogP contribution in [0.3, 0.4) is 0 Å². The van der Waals surface area contributed by atoms with E-state index in [-0.39, 0.29) is 54.1 Å². The number of carbonyl (C=O) groups is 2. The number of aryl methyl sites for hydroxylation is 1. The first kappa shape index (κ1) is 31.2. The number of hydrogen-bond donors (Lipinski definition) is 4. The van der Waals surface area contributed by atoms with E-state index in [9.17, 15) is 31.9 Å². The summed E-state index contributed by atoms with van der Waals surface area (Å²) in [7, 11) is -2.74. The molecule has 3 amide bonds. The lowest BCUT2D eigenvalue weighted by Crippen LogP contribution is -2.53. The fourth-order valence-electron chi connectivity index (χ4n) is 6.22. The van der Waals surface area contributed by atoms with Crippen molar-refractivity contribution >= 4 is 22.5 Å². The third-order valence-electron chi connectivity index (χ3n) is 8.55. The molecule has 0 spiro atoms. The number of aromatic nitrogens is 2. The molecule has 0 bridgehead atoms. The van der Waals surface area contributed by atoms with Gasteiger partial charge in [0.05, 0.1) is 23.1 Å². The molecule has 3 aromatic rings. The summed E-state index contributed by atoms with van der Waals surface area (Å²) in [6.07, 6.45) is -3.38. The quantitative estimate of drug-likeness (QED) is 0.268. The molecule has 4 N–H and O–H groups in total. The molecule has 0 radical (unpaired) electrons. The summed E-state index contributed by atoms with van der Waals surface area (Å²) in [5.41, 5.74) is 2.90. The van der Waals surface area contributed by atoms with E-state index in [4.69, 9.17) is 4.52 Å². The van der Waals surface area contributed by atoms with E-state index in [0.29, 0.717) is 48.6 Å². The molecule has 1 saturated carbocycles. The van der Waals surface area contributed by atoms with Crippen molar-refractivity contribution in [1.29, 1.82) is 0 Å². The molecule has 1 aromatic heterocycles. The number of alkyl halides is 3. The molecule has 2 aromatic carbocycles. The Bertz CT molecular complexity index is 1630. The molecular formula is C30H34F3N5O6S. The van der Waals surface area contributed by atoms with Crippen LogP contribution in [0.4, 0.5) is 18.0 Å². The minimum atomic E-state index is -4.83. The zero-order valence-corrected chi connectivity index (χ0v) is 25.5. The van der Waals surface area contributed by atoms with E-state index in [1.165, 1.54) is 18.2 Å². The largest absolute Gasteiger partial charge is 0.573 e. The second-order valence-electron chi connectivity index (χ2n) is 12.2. The van der Waals surface area contributed by atoms with Crippen molar-refractivity contribution in [3.63, 3.8) is 0 Å². The van der Waals surface area contributed by atoms with Crippen LogP contribution >= 0.6 is 10.6 Å². The van der Waals surface area contributed by atoms with Gasteiger partial charge >= 0.3 is 12.4 Å². The molecule has 2 aliphatic heterocycles. The summed E-state index contributed by atoms with van der Waals surface area (Å²) in [6, 6.07) is 9.03. The number of rotatable bonds is 7. The average Bonchev–Trinajstić information content (AvgIpc) is 3.57. The number of amides is 3. The molecule has 11 nitrogen and oxygen atoms in total. The Morgan fingerprint density at radius 2 is 2.02 bits per heavy atom. The molecular weight excluding hydrogens is 615 g/mol. The van der Waals surface area contributed by atoms with Crippen LogP contribution in [0.5, 0.6) is 5.75 Å². The fourth-order valence-corrected chi connectivity index (χ4v) is 8.38. The summed E-state index contributed by atoms with van der Waals surface area (Å²) in [5, 5.41) is 9.75. The SMILES string of the molecule is Cc1noc([C@@H]2C[C@H]2C(=O)NCc2ccc(-c3cccc(OC(F)(F)F)c3)c3c2CN(C(=O)NC2(C)CCS(O)(O)C2)CC3)n1. The van der Waals surface area contributed by atoms with Crippen molar-refractivity contribution in [2.45, 2.75) is 64.0 Å². The van der Waals surface area contributed by atoms with Gasteiger partial charge in [-0.15, -0.1) is 13.2 Å². The van der Waals surface area contributed by atoms with Crippen molar-refractivity contribution in [1.82, 2.24) is 25.7 Å². The van der Waals surface area contributed by atoms with Crippen molar-refractivity contribution in [2.24, 2.45) is 5.92 Å². The molecule has 3 heterocycles. The maximum absolute atomic E-state index is 13.4. The molecule has 3 aliphatic rings. The van der Waals surface area contributed by atoms with E-state index in [1.807, 2.05) is 12.1 Å². The highest BCUT2D eigenvalue weighted by atomic mass is 32.3. The Morgan fingerprint density at radius 3 is 2.71 bits per heavy atom. The maximum atomic E-state index is 13.4.